The van der Waals surface area contributed by atoms with Gasteiger partial charge in [-0.15, -0.1) is 0 Å². The molecule has 2 N–H and O–H groups in total. The number of aromatic nitrogens is 2. The fraction of sp³-hybridized carbons (Fsp3) is 0.188. The first-order valence-corrected chi connectivity index (χ1v) is 6.83. The van der Waals surface area contributed by atoms with Crippen molar-refractivity contribution < 1.29 is 19.4 Å². The molecule has 1 heterocycles. The van der Waals surface area contributed by atoms with Crippen LogP contribution in [-0.2, 0) is 0 Å². The van der Waals surface area contributed by atoms with Gasteiger partial charge in [-0.25, -0.2) is 14.2 Å². The molecule has 2 aromatic rings. The van der Waals surface area contributed by atoms with Gasteiger partial charge in [0, 0.05) is 5.56 Å². The number of hydrogen-bond acceptors (Lipinski definition) is 4. The summed E-state index contributed by atoms with van der Waals surface area (Å²) in [4.78, 5) is 19.0. The Balaban J connectivity index is 2.13. The number of phenols is 1. The smallest absolute Gasteiger partial charge is 0.356 e. The first-order chi connectivity index (χ1) is 10.6. The third-order valence-corrected chi connectivity index (χ3v) is 3.66. The molecule has 0 saturated heterocycles. The van der Waals surface area contributed by atoms with Crippen LogP contribution in [-0.4, -0.2) is 26.2 Å². The van der Waals surface area contributed by atoms with E-state index in [4.69, 9.17) is 5.11 Å². The molecule has 1 aliphatic rings. The number of phenolic OH excluding ortho intramolecular Hbond substituents is 1. The molecule has 0 unspecified atom stereocenters. The van der Waals surface area contributed by atoms with E-state index in [2.05, 4.69) is 9.97 Å². The van der Waals surface area contributed by atoms with Gasteiger partial charge in [-0.3, -0.25) is 4.98 Å². The maximum atomic E-state index is 13.5. The summed E-state index contributed by atoms with van der Waals surface area (Å²) in [6.45, 7) is 0. The van der Waals surface area contributed by atoms with Crippen molar-refractivity contribution in [3.63, 3.8) is 0 Å². The highest BCUT2D eigenvalue weighted by atomic mass is 19.1. The monoisotopic (exact) mass is 300 g/mol. The zero-order valence-corrected chi connectivity index (χ0v) is 11.6. The second-order valence-corrected chi connectivity index (χ2v) is 5.07. The first kappa shape index (κ1) is 14.2. The average molecular weight is 300 g/mol. The van der Waals surface area contributed by atoms with Crippen molar-refractivity contribution >= 4 is 17.1 Å². The van der Waals surface area contributed by atoms with Gasteiger partial charge in [0.05, 0.1) is 18.1 Å². The van der Waals surface area contributed by atoms with Crippen LogP contribution in [0.5, 0.6) is 5.75 Å². The Labute approximate surface area is 125 Å². The summed E-state index contributed by atoms with van der Waals surface area (Å²) < 4.78 is 13.5. The third-order valence-electron chi connectivity index (χ3n) is 3.66. The molecular formula is C16H13FN2O3. The molecule has 0 aliphatic heterocycles. The van der Waals surface area contributed by atoms with Gasteiger partial charge in [-0.05, 0) is 48.6 Å². The quantitative estimate of drug-likeness (QED) is 0.910. The van der Waals surface area contributed by atoms with Gasteiger partial charge < -0.3 is 10.2 Å². The fourth-order valence-electron chi connectivity index (χ4n) is 2.69. The van der Waals surface area contributed by atoms with Crippen LogP contribution in [0.25, 0.3) is 11.1 Å². The summed E-state index contributed by atoms with van der Waals surface area (Å²) >= 11 is 0. The van der Waals surface area contributed by atoms with E-state index >= 15 is 0 Å². The number of allylic oxidation sites excluding steroid dienone is 2. The number of rotatable bonds is 3. The second kappa shape index (κ2) is 5.55. The lowest BCUT2D eigenvalue weighted by Gasteiger charge is -2.10. The normalized spacial score (nSPS) is 14.4. The highest BCUT2D eigenvalue weighted by Crippen LogP contribution is 2.41. The first-order valence-electron chi connectivity index (χ1n) is 6.83. The van der Waals surface area contributed by atoms with Crippen LogP contribution >= 0.6 is 0 Å². The largest absolute Gasteiger partial charge is 0.507 e. The van der Waals surface area contributed by atoms with E-state index < -0.39 is 11.8 Å². The number of benzene rings is 1. The molecule has 0 bridgehead atoms. The van der Waals surface area contributed by atoms with Gasteiger partial charge in [0.2, 0.25) is 0 Å². The minimum Gasteiger partial charge on any atom is -0.507 e. The van der Waals surface area contributed by atoms with Crippen LogP contribution in [0.4, 0.5) is 4.39 Å². The Morgan fingerprint density at radius 1 is 1.18 bits per heavy atom. The Bertz CT molecular complexity index is 787. The van der Waals surface area contributed by atoms with Crippen LogP contribution in [0.2, 0.25) is 0 Å². The molecule has 112 valence electrons. The number of carbonyl (C=O) groups is 1. The SMILES string of the molecule is O=C(O)c1cncc(C2=C(c3cc(F)ccc3O)CCC2)n1. The minimum absolute atomic E-state index is 0.00171. The number of aromatic carboxylic acids is 1. The van der Waals surface area contributed by atoms with Gasteiger partial charge >= 0.3 is 5.97 Å². The van der Waals surface area contributed by atoms with Crippen molar-refractivity contribution in [1.29, 1.82) is 0 Å². The Kier molecular flexibility index (Phi) is 3.58. The Hall–Kier alpha value is -2.76. The molecule has 0 radical (unpaired) electrons. The molecule has 0 saturated carbocycles. The minimum atomic E-state index is -1.15. The maximum absolute atomic E-state index is 13.5. The Morgan fingerprint density at radius 3 is 2.73 bits per heavy atom. The summed E-state index contributed by atoms with van der Waals surface area (Å²) in [5, 5.41) is 19.0. The van der Waals surface area contributed by atoms with Crippen LogP contribution in [0.3, 0.4) is 0 Å². The van der Waals surface area contributed by atoms with Gasteiger partial charge in [0.25, 0.3) is 0 Å². The molecule has 1 aliphatic carbocycles. The zero-order valence-electron chi connectivity index (χ0n) is 11.6. The van der Waals surface area contributed by atoms with Crippen molar-refractivity contribution in [2.24, 2.45) is 0 Å². The Morgan fingerprint density at radius 2 is 1.95 bits per heavy atom. The van der Waals surface area contributed by atoms with Crippen molar-refractivity contribution in [2.75, 3.05) is 0 Å². The molecule has 1 aromatic heterocycles. The van der Waals surface area contributed by atoms with Crippen LogP contribution < -0.4 is 0 Å². The predicted octanol–water partition coefficient (Wildman–Crippen LogP) is 3.11. The van der Waals surface area contributed by atoms with E-state index in [1.807, 2.05) is 0 Å². The lowest BCUT2D eigenvalue weighted by Crippen LogP contribution is -2.03. The molecule has 0 amide bonds. The van der Waals surface area contributed by atoms with Gasteiger partial charge in [-0.1, -0.05) is 0 Å². The van der Waals surface area contributed by atoms with E-state index in [0.29, 0.717) is 24.1 Å². The van der Waals surface area contributed by atoms with Crippen molar-refractivity contribution in [3.8, 4) is 5.75 Å². The molecule has 1 aromatic carbocycles. The van der Waals surface area contributed by atoms with Gasteiger partial charge in [0.1, 0.15) is 11.6 Å². The molecule has 5 nitrogen and oxygen atoms in total. The topological polar surface area (TPSA) is 83.3 Å². The number of hydrogen-bond donors (Lipinski definition) is 2. The molecule has 0 fully saturated rings. The highest BCUT2D eigenvalue weighted by Gasteiger charge is 2.22. The second-order valence-electron chi connectivity index (χ2n) is 5.07. The third kappa shape index (κ3) is 2.55. The number of nitrogens with zero attached hydrogens (tertiary/aromatic N) is 2. The van der Waals surface area contributed by atoms with E-state index in [9.17, 15) is 14.3 Å². The summed E-state index contributed by atoms with van der Waals surface area (Å²) in [5.41, 5.74) is 2.33. The summed E-state index contributed by atoms with van der Waals surface area (Å²) in [5.74, 6) is -1.59. The summed E-state index contributed by atoms with van der Waals surface area (Å²) in [7, 11) is 0. The van der Waals surface area contributed by atoms with Crippen LogP contribution in [0, 0.1) is 5.82 Å². The van der Waals surface area contributed by atoms with E-state index in [0.717, 1.165) is 17.6 Å². The van der Waals surface area contributed by atoms with Gasteiger partial charge in [0.15, 0.2) is 5.69 Å². The number of carboxylic acid groups (broad SMARTS) is 1. The molecule has 0 atom stereocenters. The predicted molar refractivity (Wildman–Crippen MR) is 77.7 cm³/mol. The lowest BCUT2D eigenvalue weighted by atomic mass is 9.99. The van der Waals surface area contributed by atoms with E-state index in [-0.39, 0.29) is 11.4 Å². The van der Waals surface area contributed by atoms with Crippen molar-refractivity contribution in [1.82, 2.24) is 9.97 Å². The molecule has 6 heteroatoms. The van der Waals surface area contributed by atoms with E-state index in [1.165, 1.54) is 30.6 Å². The van der Waals surface area contributed by atoms with Crippen LogP contribution in [0.1, 0.15) is 41.0 Å². The molecule has 3 rings (SSSR count). The number of halogens is 1. The van der Waals surface area contributed by atoms with Crippen molar-refractivity contribution in [2.45, 2.75) is 19.3 Å². The molecule has 0 spiro atoms. The summed E-state index contributed by atoms with van der Waals surface area (Å²) in [6, 6.07) is 3.79. The molecular weight excluding hydrogens is 287 g/mol. The summed E-state index contributed by atoms with van der Waals surface area (Å²) in [6.07, 6.45) is 4.86. The average Bonchev–Trinajstić information content (AvgIpc) is 2.99. The maximum Gasteiger partial charge on any atom is 0.356 e. The number of aromatic hydroxyl groups is 1. The standard InChI is InChI=1S/C16H13FN2O3/c17-9-4-5-15(20)12(6-9)10-2-1-3-11(10)13-7-18-8-14(19-13)16(21)22/h4-8,20H,1-3H2,(H,21,22). The zero-order chi connectivity index (χ0) is 15.7. The van der Waals surface area contributed by atoms with Gasteiger partial charge in [-0.2, -0.15) is 0 Å². The van der Waals surface area contributed by atoms with E-state index in [1.54, 1.807) is 0 Å². The molecule has 22 heavy (non-hydrogen) atoms. The lowest BCUT2D eigenvalue weighted by molar-refractivity contribution is 0.0690. The van der Waals surface area contributed by atoms with Crippen LogP contribution in [0.15, 0.2) is 30.6 Å². The number of carboxylic acids is 1. The highest BCUT2D eigenvalue weighted by molar-refractivity contribution is 5.94. The fourth-order valence-corrected chi connectivity index (χ4v) is 2.69. The van der Waals surface area contributed by atoms with Crippen molar-refractivity contribution in [3.05, 3.63) is 53.4 Å².